The minimum atomic E-state index is -0.00356. The average Bonchev–Trinajstić information content (AvgIpc) is 2.52. The van der Waals surface area contributed by atoms with Crippen LogP contribution in [-0.4, -0.2) is 12.9 Å². The van der Waals surface area contributed by atoms with E-state index < -0.39 is 0 Å². The zero-order valence-corrected chi connectivity index (χ0v) is 12.7. The molecule has 0 amide bonds. The molecule has 0 unspecified atom stereocenters. The smallest absolute Gasteiger partial charge is 0.163 e. The number of benzene rings is 2. The number of hydrogen-bond acceptors (Lipinski definition) is 3. The van der Waals surface area contributed by atoms with Gasteiger partial charge in [0.2, 0.25) is 0 Å². The van der Waals surface area contributed by atoms with Crippen molar-refractivity contribution in [1.29, 1.82) is 0 Å². The van der Waals surface area contributed by atoms with E-state index >= 15 is 0 Å². The summed E-state index contributed by atoms with van der Waals surface area (Å²) in [5, 5.41) is 0. The molecule has 0 bridgehead atoms. The number of carbonyl (C=O) groups is 1. The molecule has 3 nitrogen and oxygen atoms in total. The first-order valence-electron chi connectivity index (χ1n) is 7.04. The minimum Gasteiger partial charge on any atom is -0.496 e. The van der Waals surface area contributed by atoms with Crippen molar-refractivity contribution in [3.05, 3.63) is 59.2 Å². The number of rotatable bonds is 6. The van der Waals surface area contributed by atoms with Gasteiger partial charge in [0.15, 0.2) is 5.78 Å². The van der Waals surface area contributed by atoms with E-state index in [0.29, 0.717) is 17.9 Å². The van der Waals surface area contributed by atoms with Gasteiger partial charge in [-0.15, -0.1) is 0 Å². The standard InChI is InChI=1S/C18H20O3/c1-4-15-10-16(13(2)19)18(20-3)11-17(15)21-12-14-8-6-5-7-9-14/h5-11H,4,12H2,1-3H3. The fourth-order valence-corrected chi connectivity index (χ4v) is 2.20. The van der Waals surface area contributed by atoms with Crippen LogP contribution in [0.5, 0.6) is 11.5 Å². The molecule has 0 aromatic heterocycles. The monoisotopic (exact) mass is 284 g/mol. The Morgan fingerprint density at radius 1 is 1.10 bits per heavy atom. The lowest BCUT2D eigenvalue weighted by atomic mass is 10.0. The Kier molecular flexibility index (Phi) is 4.99. The first-order valence-corrected chi connectivity index (χ1v) is 7.04. The minimum absolute atomic E-state index is 0.00356. The normalized spacial score (nSPS) is 10.2. The maximum absolute atomic E-state index is 11.7. The lowest BCUT2D eigenvalue weighted by Gasteiger charge is -2.14. The highest BCUT2D eigenvalue weighted by molar-refractivity contribution is 5.97. The van der Waals surface area contributed by atoms with Crippen molar-refractivity contribution in [2.75, 3.05) is 7.11 Å². The van der Waals surface area contributed by atoms with Crippen molar-refractivity contribution >= 4 is 5.78 Å². The van der Waals surface area contributed by atoms with E-state index in [4.69, 9.17) is 9.47 Å². The highest BCUT2D eigenvalue weighted by Gasteiger charge is 2.13. The number of Topliss-reactive ketones (excluding diaryl/α,β-unsaturated/α-hetero) is 1. The fraction of sp³-hybridized carbons (Fsp3) is 0.278. The quantitative estimate of drug-likeness (QED) is 0.751. The molecule has 0 aliphatic rings. The second-order valence-electron chi connectivity index (χ2n) is 4.84. The van der Waals surface area contributed by atoms with Crippen LogP contribution in [0, 0.1) is 0 Å². The summed E-state index contributed by atoms with van der Waals surface area (Å²) in [7, 11) is 1.56. The Hall–Kier alpha value is -2.29. The molecular weight excluding hydrogens is 264 g/mol. The maximum atomic E-state index is 11.7. The van der Waals surface area contributed by atoms with E-state index in [1.54, 1.807) is 20.1 Å². The van der Waals surface area contributed by atoms with Gasteiger partial charge < -0.3 is 9.47 Å². The first kappa shape index (κ1) is 15.1. The van der Waals surface area contributed by atoms with E-state index in [1.807, 2.05) is 43.3 Å². The van der Waals surface area contributed by atoms with Gasteiger partial charge >= 0.3 is 0 Å². The number of ketones is 1. The predicted octanol–water partition coefficient (Wildman–Crippen LogP) is 4.04. The number of carbonyl (C=O) groups excluding carboxylic acids is 1. The molecule has 0 heterocycles. The highest BCUT2D eigenvalue weighted by Crippen LogP contribution is 2.30. The van der Waals surface area contributed by atoms with Crippen molar-refractivity contribution in [1.82, 2.24) is 0 Å². The van der Waals surface area contributed by atoms with E-state index in [1.165, 1.54) is 0 Å². The largest absolute Gasteiger partial charge is 0.496 e. The number of aryl methyl sites for hydroxylation is 1. The summed E-state index contributed by atoms with van der Waals surface area (Å²) < 4.78 is 11.2. The molecule has 0 fully saturated rings. The Balaban J connectivity index is 2.28. The molecule has 0 aliphatic heterocycles. The predicted molar refractivity (Wildman–Crippen MR) is 83.2 cm³/mol. The molecule has 0 radical (unpaired) electrons. The van der Waals surface area contributed by atoms with Crippen molar-refractivity contribution in [3.63, 3.8) is 0 Å². The topological polar surface area (TPSA) is 35.5 Å². The molecule has 0 N–H and O–H groups in total. The van der Waals surface area contributed by atoms with E-state index in [-0.39, 0.29) is 5.78 Å². The Morgan fingerprint density at radius 3 is 2.38 bits per heavy atom. The van der Waals surface area contributed by atoms with Crippen molar-refractivity contribution in [3.8, 4) is 11.5 Å². The van der Waals surface area contributed by atoms with Crippen LogP contribution in [0.2, 0.25) is 0 Å². The Morgan fingerprint density at radius 2 is 1.81 bits per heavy atom. The first-order chi connectivity index (χ1) is 10.2. The van der Waals surface area contributed by atoms with Gasteiger partial charge in [0.05, 0.1) is 12.7 Å². The van der Waals surface area contributed by atoms with Crippen molar-refractivity contribution in [2.45, 2.75) is 26.9 Å². The van der Waals surface area contributed by atoms with Crippen LogP contribution in [-0.2, 0) is 13.0 Å². The Bertz CT molecular complexity index is 618. The third kappa shape index (κ3) is 3.63. The maximum Gasteiger partial charge on any atom is 0.163 e. The van der Waals surface area contributed by atoms with E-state index in [0.717, 1.165) is 23.3 Å². The highest BCUT2D eigenvalue weighted by atomic mass is 16.5. The number of hydrogen-bond donors (Lipinski definition) is 0. The van der Waals surface area contributed by atoms with Crippen LogP contribution in [0.3, 0.4) is 0 Å². The zero-order valence-electron chi connectivity index (χ0n) is 12.7. The summed E-state index contributed by atoms with van der Waals surface area (Å²) in [5.74, 6) is 1.32. The van der Waals surface area contributed by atoms with E-state index in [2.05, 4.69) is 0 Å². The van der Waals surface area contributed by atoms with Gasteiger partial charge in [-0.05, 0) is 30.5 Å². The second kappa shape index (κ2) is 6.93. The molecule has 2 aromatic carbocycles. The zero-order chi connectivity index (χ0) is 15.2. The van der Waals surface area contributed by atoms with Crippen molar-refractivity contribution < 1.29 is 14.3 Å². The third-order valence-electron chi connectivity index (χ3n) is 3.38. The third-order valence-corrected chi connectivity index (χ3v) is 3.38. The summed E-state index contributed by atoms with van der Waals surface area (Å²) in [6.07, 6.45) is 0.800. The van der Waals surface area contributed by atoms with Gasteiger partial charge in [-0.3, -0.25) is 4.79 Å². The summed E-state index contributed by atoms with van der Waals surface area (Å²) in [5.41, 5.74) is 2.72. The molecule has 2 aromatic rings. The molecule has 0 atom stereocenters. The lowest BCUT2D eigenvalue weighted by molar-refractivity contribution is 0.101. The molecule has 0 saturated heterocycles. The lowest BCUT2D eigenvalue weighted by Crippen LogP contribution is -2.03. The van der Waals surface area contributed by atoms with Crippen molar-refractivity contribution in [2.24, 2.45) is 0 Å². The number of methoxy groups -OCH3 is 1. The van der Waals surface area contributed by atoms with Gasteiger partial charge in [0.1, 0.15) is 18.1 Å². The van der Waals surface area contributed by atoms with Crippen LogP contribution < -0.4 is 9.47 Å². The van der Waals surface area contributed by atoms with Crippen LogP contribution in [0.4, 0.5) is 0 Å². The van der Waals surface area contributed by atoms with Gasteiger partial charge in [-0.1, -0.05) is 37.3 Å². The average molecular weight is 284 g/mol. The fourth-order valence-electron chi connectivity index (χ4n) is 2.20. The van der Waals surface area contributed by atoms with Gasteiger partial charge in [0, 0.05) is 6.07 Å². The molecule has 0 spiro atoms. The van der Waals surface area contributed by atoms with Crippen LogP contribution in [0.25, 0.3) is 0 Å². The summed E-state index contributed by atoms with van der Waals surface area (Å²) in [6.45, 7) is 4.08. The van der Waals surface area contributed by atoms with Gasteiger partial charge in [-0.25, -0.2) is 0 Å². The SMILES string of the molecule is CCc1cc(C(C)=O)c(OC)cc1OCc1ccccc1. The van der Waals surface area contributed by atoms with Gasteiger partial charge in [0.25, 0.3) is 0 Å². The summed E-state index contributed by atoms with van der Waals surface area (Å²) in [6, 6.07) is 13.7. The molecule has 21 heavy (non-hydrogen) atoms. The molecule has 2 rings (SSSR count). The summed E-state index contributed by atoms with van der Waals surface area (Å²) >= 11 is 0. The molecule has 3 heteroatoms. The van der Waals surface area contributed by atoms with Crippen LogP contribution >= 0.6 is 0 Å². The molecule has 110 valence electrons. The van der Waals surface area contributed by atoms with E-state index in [9.17, 15) is 4.79 Å². The van der Waals surface area contributed by atoms with Crippen LogP contribution in [0.1, 0.15) is 35.3 Å². The molecular formula is C18H20O3. The summed E-state index contributed by atoms with van der Waals surface area (Å²) in [4.78, 5) is 11.7. The Labute approximate surface area is 125 Å². The second-order valence-corrected chi connectivity index (χ2v) is 4.84. The molecule has 0 aliphatic carbocycles. The van der Waals surface area contributed by atoms with Gasteiger partial charge in [-0.2, -0.15) is 0 Å². The molecule has 0 saturated carbocycles. The number of ether oxygens (including phenoxy) is 2. The van der Waals surface area contributed by atoms with Crippen LogP contribution in [0.15, 0.2) is 42.5 Å².